The summed E-state index contributed by atoms with van der Waals surface area (Å²) in [6.45, 7) is 6.71. The number of hydrogen-bond donors (Lipinski definition) is 1. The van der Waals surface area contributed by atoms with Crippen LogP contribution in [0.1, 0.15) is 40.2 Å². The van der Waals surface area contributed by atoms with E-state index in [1.807, 2.05) is 13.8 Å². The van der Waals surface area contributed by atoms with Gasteiger partial charge in [0, 0.05) is 36.8 Å². The van der Waals surface area contributed by atoms with E-state index in [0.717, 1.165) is 49.7 Å². The Morgan fingerprint density at radius 1 is 1.28 bits per heavy atom. The van der Waals surface area contributed by atoms with Crippen LogP contribution in [0.3, 0.4) is 0 Å². The lowest BCUT2D eigenvalue weighted by atomic mass is 10.0. The van der Waals surface area contributed by atoms with Crippen LogP contribution in [0.25, 0.3) is 0 Å². The van der Waals surface area contributed by atoms with Gasteiger partial charge in [0.05, 0.1) is 12.8 Å². The lowest BCUT2D eigenvalue weighted by Crippen LogP contribution is -2.44. The number of aromatic nitrogens is 1. The highest BCUT2D eigenvalue weighted by Gasteiger charge is 2.23. The molecule has 0 atom stereocenters. The molecule has 1 aromatic carbocycles. The molecule has 0 saturated carbocycles. The fourth-order valence-corrected chi connectivity index (χ4v) is 3.20. The molecule has 1 aromatic heterocycles. The molecule has 1 N–H and O–H groups in total. The van der Waals surface area contributed by atoms with Gasteiger partial charge in [0.1, 0.15) is 11.5 Å². The van der Waals surface area contributed by atoms with E-state index in [0.29, 0.717) is 5.56 Å². The molecule has 3 rings (SSSR count). The number of hydrogen-bond acceptors (Lipinski definition) is 5. The Morgan fingerprint density at radius 2 is 1.96 bits per heavy atom. The third-order valence-electron chi connectivity index (χ3n) is 4.84. The van der Waals surface area contributed by atoms with Gasteiger partial charge in [-0.2, -0.15) is 0 Å². The largest absolute Gasteiger partial charge is 0.497 e. The molecular formula is C19H25N3O3. The number of amides is 1. The van der Waals surface area contributed by atoms with Crippen LogP contribution in [0.5, 0.6) is 5.75 Å². The van der Waals surface area contributed by atoms with Crippen LogP contribution >= 0.6 is 0 Å². The lowest BCUT2D eigenvalue weighted by molar-refractivity contribution is 0.0909. The zero-order valence-electron chi connectivity index (χ0n) is 15.0. The fraction of sp³-hybridized carbons (Fsp3) is 0.474. The van der Waals surface area contributed by atoms with Crippen LogP contribution in [0.15, 0.2) is 28.8 Å². The first-order chi connectivity index (χ1) is 12.1. The molecule has 0 unspecified atom stereocenters. The van der Waals surface area contributed by atoms with E-state index in [1.54, 1.807) is 31.4 Å². The number of rotatable bonds is 5. The summed E-state index contributed by atoms with van der Waals surface area (Å²) in [4.78, 5) is 14.7. The zero-order valence-corrected chi connectivity index (χ0v) is 15.0. The molecule has 2 heterocycles. The molecule has 1 amide bonds. The average molecular weight is 343 g/mol. The van der Waals surface area contributed by atoms with Gasteiger partial charge in [-0.05, 0) is 51.0 Å². The quantitative estimate of drug-likeness (QED) is 0.904. The van der Waals surface area contributed by atoms with E-state index >= 15 is 0 Å². The number of nitrogens with one attached hydrogen (secondary N) is 1. The Bertz CT molecular complexity index is 697. The van der Waals surface area contributed by atoms with Crippen molar-refractivity contribution in [3.05, 3.63) is 46.8 Å². The monoisotopic (exact) mass is 343 g/mol. The van der Waals surface area contributed by atoms with Crippen molar-refractivity contribution in [2.24, 2.45) is 0 Å². The number of carbonyl (C=O) groups excluding carboxylic acids is 1. The van der Waals surface area contributed by atoms with Crippen molar-refractivity contribution in [2.45, 2.75) is 39.3 Å². The molecule has 25 heavy (non-hydrogen) atoms. The van der Waals surface area contributed by atoms with Crippen molar-refractivity contribution >= 4 is 5.91 Å². The first-order valence-electron chi connectivity index (χ1n) is 8.66. The molecular weight excluding hydrogens is 318 g/mol. The first kappa shape index (κ1) is 17.5. The number of benzene rings is 1. The van der Waals surface area contributed by atoms with Crippen LogP contribution in [0.4, 0.5) is 0 Å². The Morgan fingerprint density at radius 3 is 2.52 bits per heavy atom. The van der Waals surface area contributed by atoms with Gasteiger partial charge in [0.25, 0.3) is 5.91 Å². The normalized spacial score (nSPS) is 16.0. The maximum Gasteiger partial charge on any atom is 0.251 e. The summed E-state index contributed by atoms with van der Waals surface area (Å²) >= 11 is 0. The van der Waals surface area contributed by atoms with Crippen molar-refractivity contribution < 1.29 is 14.1 Å². The van der Waals surface area contributed by atoms with Crippen LogP contribution in [0, 0.1) is 13.8 Å². The maximum absolute atomic E-state index is 12.4. The highest BCUT2D eigenvalue weighted by Crippen LogP contribution is 2.19. The van der Waals surface area contributed by atoms with E-state index in [1.165, 1.54) is 5.56 Å². The van der Waals surface area contributed by atoms with Crippen molar-refractivity contribution in [1.29, 1.82) is 0 Å². The SMILES string of the molecule is COc1ccc(C(=O)NC2CCN(Cc3c(C)noc3C)CC2)cc1. The van der Waals surface area contributed by atoms with Crippen molar-refractivity contribution in [2.75, 3.05) is 20.2 Å². The molecule has 0 radical (unpaired) electrons. The summed E-state index contributed by atoms with van der Waals surface area (Å²) in [6.07, 6.45) is 1.90. The van der Waals surface area contributed by atoms with Gasteiger partial charge in [-0.15, -0.1) is 0 Å². The Labute approximate surface area is 148 Å². The summed E-state index contributed by atoms with van der Waals surface area (Å²) in [6, 6.07) is 7.42. The van der Waals surface area contributed by atoms with Crippen molar-refractivity contribution in [3.63, 3.8) is 0 Å². The minimum atomic E-state index is -0.0215. The molecule has 0 bridgehead atoms. The molecule has 1 saturated heterocycles. The molecule has 0 aliphatic carbocycles. The summed E-state index contributed by atoms with van der Waals surface area (Å²) in [5.74, 6) is 1.63. The van der Waals surface area contributed by atoms with Crippen LogP contribution in [0.2, 0.25) is 0 Å². The van der Waals surface area contributed by atoms with E-state index in [2.05, 4.69) is 15.4 Å². The molecule has 134 valence electrons. The molecule has 1 aliphatic rings. The van der Waals surface area contributed by atoms with Crippen LogP contribution in [-0.2, 0) is 6.54 Å². The highest BCUT2D eigenvalue weighted by molar-refractivity contribution is 5.94. The van der Waals surface area contributed by atoms with Crippen LogP contribution in [-0.4, -0.2) is 42.2 Å². The highest BCUT2D eigenvalue weighted by atomic mass is 16.5. The number of nitrogens with zero attached hydrogens (tertiary/aromatic N) is 2. The van der Waals surface area contributed by atoms with Gasteiger partial charge in [0.2, 0.25) is 0 Å². The standard InChI is InChI=1S/C19H25N3O3/c1-13-18(14(2)25-21-13)12-22-10-8-16(9-11-22)20-19(23)15-4-6-17(24-3)7-5-15/h4-7,16H,8-12H2,1-3H3,(H,20,23). The van der Waals surface area contributed by atoms with Crippen molar-refractivity contribution in [3.8, 4) is 5.75 Å². The third kappa shape index (κ3) is 4.20. The number of likely N-dealkylation sites (tertiary alicyclic amines) is 1. The number of methoxy groups -OCH3 is 1. The van der Waals surface area contributed by atoms with Gasteiger partial charge >= 0.3 is 0 Å². The van der Waals surface area contributed by atoms with E-state index in [-0.39, 0.29) is 11.9 Å². The van der Waals surface area contributed by atoms with Gasteiger partial charge in [-0.25, -0.2) is 0 Å². The number of piperidine rings is 1. The van der Waals surface area contributed by atoms with Crippen LogP contribution < -0.4 is 10.1 Å². The molecule has 1 aliphatic heterocycles. The van der Waals surface area contributed by atoms with Gasteiger partial charge in [-0.1, -0.05) is 5.16 Å². The van der Waals surface area contributed by atoms with Gasteiger partial charge in [0.15, 0.2) is 0 Å². The lowest BCUT2D eigenvalue weighted by Gasteiger charge is -2.32. The van der Waals surface area contributed by atoms with Gasteiger partial charge < -0.3 is 14.6 Å². The topological polar surface area (TPSA) is 67.6 Å². The molecule has 2 aromatic rings. The Kier molecular flexibility index (Phi) is 5.38. The summed E-state index contributed by atoms with van der Waals surface area (Å²) in [5.41, 5.74) is 2.81. The molecule has 0 spiro atoms. The van der Waals surface area contributed by atoms with E-state index < -0.39 is 0 Å². The zero-order chi connectivity index (χ0) is 17.8. The second kappa shape index (κ2) is 7.70. The first-order valence-corrected chi connectivity index (χ1v) is 8.66. The second-order valence-electron chi connectivity index (χ2n) is 6.56. The average Bonchev–Trinajstić information content (AvgIpc) is 2.95. The smallest absolute Gasteiger partial charge is 0.251 e. The number of aryl methyl sites for hydroxylation is 2. The van der Waals surface area contributed by atoms with E-state index in [9.17, 15) is 4.79 Å². The predicted molar refractivity (Wildman–Crippen MR) is 94.7 cm³/mol. The minimum Gasteiger partial charge on any atom is -0.497 e. The molecule has 6 heteroatoms. The van der Waals surface area contributed by atoms with Gasteiger partial charge in [-0.3, -0.25) is 9.69 Å². The summed E-state index contributed by atoms with van der Waals surface area (Å²) < 4.78 is 10.4. The predicted octanol–water partition coefficient (Wildman–Crippen LogP) is 2.69. The fourth-order valence-electron chi connectivity index (χ4n) is 3.20. The Balaban J connectivity index is 1.49. The van der Waals surface area contributed by atoms with E-state index in [4.69, 9.17) is 9.26 Å². The number of ether oxygens (including phenoxy) is 1. The maximum atomic E-state index is 12.4. The molecule has 1 fully saturated rings. The number of carbonyl (C=O) groups is 1. The Hall–Kier alpha value is -2.34. The third-order valence-corrected chi connectivity index (χ3v) is 4.84. The second-order valence-corrected chi connectivity index (χ2v) is 6.56. The molecule has 6 nitrogen and oxygen atoms in total. The van der Waals surface area contributed by atoms with Crippen molar-refractivity contribution in [1.82, 2.24) is 15.4 Å². The summed E-state index contributed by atoms with van der Waals surface area (Å²) in [5, 5.41) is 7.15. The summed E-state index contributed by atoms with van der Waals surface area (Å²) in [7, 11) is 1.62. The minimum absolute atomic E-state index is 0.0215.